The summed E-state index contributed by atoms with van der Waals surface area (Å²) in [5.74, 6) is 1.77. The molecule has 2 saturated carbocycles. The molecule has 3 rings (SSSR count). The molecule has 1 N–H and O–H groups in total. The first-order chi connectivity index (χ1) is 6.27. The van der Waals surface area contributed by atoms with Crippen molar-refractivity contribution in [1.29, 1.82) is 0 Å². The molecule has 5 unspecified atom stereocenters. The molecule has 2 fully saturated rings. The number of ketones is 1. The topological polar surface area (TPSA) is 37.3 Å². The lowest BCUT2D eigenvalue weighted by molar-refractivity contribution is -0.131. The number of rotatable bonds is 0. The van der Waals surface area contributed by atoms with Crippen molar-refractivity contribution < 1.29 is 9.90 Å². The predicted octanol–water partition coefficient (Wildman–Crippen LogP) is 1.15. The van der Waals surface area contributed by atoms with Gasteiger partial charge in [-0.1, -0.05) is 12.2 Å². The van der Waals surface area contributed by atoms with Gasteiger partial charge in [0.25, 0.3) is 0 Å². The number of aliphatic hydroxyl groups is 1. The van der Waals surface area contributed by atoms with Gasteiger partial charge < -0.3 is 5.11 Å². The minimum absolute atomic E-state index is 0.166. The molecule has 5 atom stereocenters. The van der Waals surface area contributed by atoms with Gasteiger partial charge in [-0.15, -0.1) is 0 Å². The fraction of sp³-hybridized carbons (Fsp3) is 0.727. The SMILES string of the molecule is O=C1CCC(O)C2C3C=CC(C3)C12. The summed E-state index contributed by atoms with van der Waals surface area (Å²) < 4.78 is 0. The highest BCUT2D eigenvalue weighted by Crippen LogP contribution is 2.52. The molecule has 0 heterocycles. The average Bonchev–Trinajstić information content (AvgIpc) is 2.70. The number of allylic oxidation sites excluding steroid dienone is 2. The maximum Gasteiger partial charge on any atom is 0.137 e. The van der Waals surface area contributed by atoms with Crippen molar-refractivity contribution in [3.8, 4) is 0 Å². The Labute approximate surface area is 77.6 Å². The second-order valence-electron chi connectivity index (χ2n) is 4.62. The van der Waals surface area contributed by atoms with Crippen LogP contribution in [0.4, 0.5) is 0 Å². The number of hydrogen-bond donors (Lipinski definition) is 1. The van der Waals surface area contributed by atoms with Crippen molar-refractivity contribution in [2.24, 2.45) is 23.7 Å². The van der Waals surface area contributed by atoms with Gasteiger partial charge in [0.2, 0.25) is 0 Å². The molecule has 0 saturated heterocycles. The summed E-state index contributed by atoms with van der Waals surface area (Å²) in [6.07, 6.45) is 6.56. The molecule has 0 spiro atoms. The Hall–Kier alpha value is -0.630. The zero-order chi connectivity index (χ0) is 9.00. The van der Waals surface area contributed by atoms with Gasteiger partial charge >= 0.3 is 0 Å². The van der Waals surface area contributed by atoms with E-state index in [9.17, 15) is 9.90 Å². The first kappa shape index (κ1) is 7.74. The Bertz CT molecular complexity index is 282. The maximum absolute atomic E-state index is 11.7. The van der Waals surface area contributed by atoms with Crippen LogP contribution in [0.3, 0.4) is 0 Å². The standard InChI is InChI=1S/C11H14O2/c12-8-3-4-9(13)11-7-2-1-6(5-7)10(8)11/h1-2,6-8,10-12H,3-5H2. The molecule has 0 aliphatic heterocycles. The maximum atomic E-state index is 11.7. The first-order valence-corrected chi connectivity index (χ1v) is 5.16. The number of fused-ring (bicyclic) bond motifs is 5. The molecule has 3 aliphatic rings. The molecule has 2 heteroatoms. The normalized spacial score (nSPS) is 52.7. The third kappa shape index (κ3) is 0.896. The van der Waals surface area contributed by atoms with Crippen LogP contribution < -0.4 is 0 Å². The van der Waals surface area contributed by atoms with Crippen LogP contribution in [0.2, 0.25) is 0 Å². The summed E-state index contributed by atoms with van der Waals surface area (Å²) in [6, 6.07) is 0. The zero-order valence-electron chi connectivity index (χ0n) is 7.52. The summed E-state index contributed by atoms with van der Waals surface area (Å²) in [7, 11) is 0. The Morgan fingerprint density at radius 3 is 2.85 bits per heavy atom. The van der Waals surface area contributed by atoms with Gasteiger partial charge in [-0.3, -0.25) is 4.79 Å². The monoisotopic (exact) mass is 178 g/mol. The van der Waals surface area contributed by atoms with Gasteiger partial charge in [0.15, 0.2) is 0 Å². The Morgan fingerprint density at radius 2 is 2.08 bits per heavy atom. The van der Waals surface area contributed by atoms with Crippen LogP contribution >= 0.6 is 0 Å². The van der Waals surface area contributed by atoms with Gasteiger partial charge in [0.05, 0.1) is 6.10 Å². The van der Waals surface area contributed by atoms with Crippen molar-refractivity contribution >= 4 is 5.78 Å². The summed E-state index contributed by atoms with van der Waals surface area (Å²) in [6.45, 7) is 0. The summed E-state index contributed by atoms with van der Waals surface area (Å²) in [5.41, 5.74) is 0. The zero-order valence-corrected chi connectivity index (χ0v) is 7.52. The molecule has 2 bridgehead atoms. The van der Waals surface area contributed by atoms with Gasteiger partial charge in [-0.25, -0.2) is 0 Å². The van der Waals surface area contributed by atoms with Gasteiger partial charge in [-0.05, 0) is 24.7 Å². The predicted molar refractivity (Wildman–Crippen MR) is 48.0 cm³/mol. The van der Waals surface area contributed by atoms with Crippen molar-refractivity contribution in [3.63, 3.8) is 0 Å². The second-order valence-corrected chi connectivity index (χ2v) is 4.62. The number of hydrogen-bond acceptors (Lipinski definition) is 2. The lowest BCUT2D eigenvalue weighted by atomic mass is 9.71. The molecular weight excluding hydrogens is 164 g/mol. The van der Waals surface area contributed by atoms with Crippen molar-refractivity contribution in [2.75, 3.05) is 0 Å². The third-order valence-electron chi connectivity index (χ3n) is 4.02. The van der Waals surface area contributed by atoms with Crippen molar-refractivity contribution in [2.45, 2.75) is 25.4 Å². The fourth-order valence-electron chi connectivity index (χ4n) is 3.49. The van der Waals surface area contributed by atoms with Gasteiger partial charge in [-0.2, -0.15) is 0 Å². The van der Waals surface area contributed by atoms with Crippen molar-refractivity contribution in [3.05, 3.63) is 12.2 Å². The minimum Gasteiger partial charge on any atom is -0.393 e. The van der Waals surface area contributed by atoms with E-state index in [0.717, 1.165) is 6.42 Å². The summed E-state index contributed by atoms with van der Waals surface area (Å²) in [4.78, 5) is 11.7. The van der Waals surface area contributed by atoms with Crippen LogP contribution in [-0.2, 0) is 4.79 Å². The van der Waals surface area contributed by atoms with E-state index >= 15 is 0 Å². The third-order valence-corrected chi connectivity index (χ3v) is 4.02. The molecule has 0 radical (unpaired) electrons. The van der Waals surface area contributed by atoms with Crippen LogP contribution in [0.5, 0.6) is 0 Å². The summed E-state index contributed by atoms with van der Waals surface area (Å²) in [5, 5.41) is 9.83. The van der Waals surface area contributed by atoms with Crippen molar-refractivity contribution in [1.82, 2.24) is 0 Å². The van der Waals surface area contributed by atoms with E-state index in [1.54, 1.807) is 0 Å². The Balaban J connectivity index is 1.98. The van der Waals surface area contributed by atoms with Crippen LogP contribution in [0.1, 0.15) is 19.3 Å². The average molecular weight is 178 g/mol. The lowest BCUT2D eigenvalue weighted by Gasteiger charge is -2.35. The Morgan fingerprint density at radius 1 is 1.31 bits per heavy atom. The number of carbonyl (C=O) groups excluding carboxylic acids is 1. The molecule has 70 valence electrons. The fourth-order valence-corrected chi connectivity index (χ4v) is 3.49. The minimum atomic E-state index is -0.220. The molecule has 13 heavy (non-hydrogen) atoms. The quantitative estimate of drug-likeness (QED) is 0.565. The molecule has 2 nitrogen and oxygen atoms in total. The van der Waals surface area contributed by atoms with E-state index in [1.165, 1.54) is 0 Å². The van der Waals surface area contributed by atoms with Gasteiger partial charge in [0.1, 0.15) is 5.78 Å². The van der Waals surface area contributed by atoms with E-state index in [4.69, 9.17) is 0 Å². The van der Waals surface area contributed by atoms with E-state index < -0.39 is 0 Å². The highest BCUT2D eigenvalue weighted by atomic mass is 16.3. The molecule has 0 aromatic carbocycles. The molecule has 3 aliphatic carbocycles. The molecular formula is C11H14O2. The van der Waals surface area contributed by atoms with E-state index in [-0.39, 0.29) is 17.9 Å². The Kier molecular flexibility index (Phi) is 1.46. The second kappa shape index (κ2) is 2.44. The largest absolute Gasteiger partial charge is 0.393 e. The molecule has 0 amide bonds. The highest BCUT2D eigenvalue weighted by molar-refractivity contribution is 5.83. The molecule has 0 aromatic heterocycles. The van der Waals surface area contributed by atoms with Gasteiger partial charge in [0, 0.05) is 18.3 Å². The number of carbonyl (C=O) groups is 1. The van der Waals surface area contributed by atoms with E-state index in [2.05, 4.69) is 12.2 Å². The first-order valence-electron chi connectivity index (χ1n) is 5.16. The van der Waals surface area contributed by atoms with Crippen LogP contribution in [-0.4, -0.2) is 17.0 Å². The van der Waals surface area contributed by atoms with E-state index in [0.29, 0.717) is 30.5 Å². The van der Waals surface area contributed by atoms with Crippen LogP contribution in [0.25, 0.3) is 0 Å². The number of Topliss-reactive ketones (excluding diaryl/α,β-unsaturated/α-hetero) is 1. The summed E-state index contributed by atoms with van der Waals surface area (Å²) >= 11 is 0. The lowest BCUT2D eigenvalue weighted by Crippen LogP contribution is -2.40. The molecule has 0 aromatic rings. The highest BCUT2D eigenvalue weighted by Gasteiger charge is 2.52. The number of aliphatic hydroxyl groups excluding tert-OH is 1. The van der Waals surface area contributed by atoms with Crippen LogP contribution in [0, 0.1) is 23.7 Å². The smallest absolute Gasteiger partial charge is 0.137 e. The van der Waals surface area contributed by atoms with Crippen LogP contribution in [0.15, 0.2) is 12.2 Å². The van der Waals surface area contributed by atoms with E-state index in [1.807, 2.05) is 0 Å².